The van der Waals surface area contributed by atoms with Gasteiger partial charge in [-0.25, -0.2) is 0 Å². The van der Waals surface area contributed by atoms with Crippen LogP contribution in [0.5, 0.6) is 0 Å². The lowest BCUT2D eigenvalue weighted by atomic mass is 9.99. The van der Waals surface area contributed by atoms with Crippen molar-refractivity contribution in [3.05, 3.63) is 52.3 Å². The van der Waals surface area contributed by atoms with E-state index in [2.05, 4.69) is 42.5 Å². The van der Waals surface area contributed by atoms with E-state index in [4.69, 9.17) is 4.74 Å². The molecule has 1 fully saturated rings. The van der Waals surface area contributed by atoms with E-state index in [0.717, 1.165) is 24.3 Å². The Morgan fingerprint density at radius 3 is 2.83 bits per heavy atom. The van der Waals surface area contributed by atoms with Gasteiger partial charge in [0.1, 0.15) is 0 Å². The molecule has 2 atom stereocenters. The Morgan fingerprint density at radius 1 is 1.38 bits per heavy atom. The van der Waals surface area contributed by atoms with Crippen molar-refractivity contribution in [3.8, 4) is 0 Å². The highest BCUT2D eigenvalue weighted by Crippen LogP contribution is 2.27. The molecule has 1 saturated heterocycles. The topological polar surface area (TPSA) is 56.2 Å². The number of ether oxygens (including phenoxy) is 1. The zero-order chi connectivity index (χ0) is 17.3. The van der Waals surface area contributed by atoms with Gasteiger partial charge in [0.25, 0.3) is 5.91 Å². The SMILES string of the molecule is Cc1ccc([C@H](C)NC(=O)c2cn(C)nc2[C@@H]2CCOC2)cc1C. The Balaban J connectivity index is 1.78. The zero-order valence-corrected chi connectivity index (χ0v) is 14.8. The second-order valence-corrected chi connectivity index (χ2v) is 6.70. The summed E-state index contributed by atoms with van der Waals surface area (Å²) in [7, 11) is 1.85. The summed E-state index contributed by atoms with van der Waals surface area (Å²) in [6, 6.07) is 6.25. The van der Waals surface area contributed by atoms with Crippen LogP contribution in [-0.4, -0.2) is 28.9 Å². The molecule has 1 aliphatic heterocycles. The van der Waals surface area contributed by atoms with E-state index in [1.165, 1.54) is 11.1 Å². The van der Waals surface area contributed by atoms with E-state index in [1.807, 2.05) is 14.0 Å². The third-order valence-electron chi connectivity index (χ3n) is 4.80. The number of carbonyl (C=O) groups excluding carboxylic acids is 1. The maximum atomic E-state index is 12.8. The van der Waals surface area contributed by atoms with E-state index in [-0.39, 0.29) is 17.9 Å². The van der Waals surface area contributed by atoms with Crippen LogP contribution < -0.4 is 5.32 Å². The first-order valence-corrected chi connectivity index (χ1v) is 8.45. The van der Waals surface area contributed by atoms with E-state index < -0.39 is 0 Å². The van der Waals surface area contributed by atoms with Gasteiger partial charge < -0.3 is 10.1 Å². The third kappa shape index (κ3) is 3.36. The van der Waals surface area contributed by atoms with Gasteiger partial charge in [-0.2, -0.15) is 5.10 Å². The van der Waals surface area contributed by atoms with E-state index >= 15 is 0 Å². The first kappa shape index (κ1) is 16.7. The number of aromatic nitrogens is 2. The molecule has 1 aromatic carbocycles. The van der Waals surface area contributed by atoms with Crippen LogP contribution in [-0.2, 0) is 11.8 Å². The molecule has 0 radical (unpaired) electrons. The lowest BCUT2D eigenvalue weighted by Gasteiger charge is -2.16. The van der Waals surface area contributed by atoms with Crippen LogP contribution in [0.1, 0.15) is 58.0 Å². The molecule has 2 aromatic rings. The summed E-state index contributed by atoms with van der Waals surface area (Å²) in [5.41, 5.74) is 5.11. The minimum atomic E-state index is -0.0734. The molecule has 128 valence electrons. The lowest BCUT2D eigenvalue weighted by Crippen LogP contribution is -2.27. The highest BCUT2D eigenvalue weighted by molar-refractivity contribution is 5.95. The lowest BCUT2D eigenvalue weighted by molar-refractivity contribution is 0.0938. The molecule has 2 heterocycles. The van der Waals surface area contributed by atoms with E-state index in [0.29, 0.717) is 12.2 Å². The average Bonchev–Trinajstić information content (AvgIpc) is 3.18. The molecule has 1 N–H and O–H groups in total. The highest BCUT2D eigenvalue weighted by Gasteiger charge is 2.27. The fraction of sp³-hybridized carbons (Fsp3) is 0.474. The van der Waals surface area contributed by atoms with Crippen LogP contribution in [0.15, 0.2) is 24.4 Å². The van der Waals surface area contributed by atoms with Crippen LogP contribution >= 0.6 is 0 Å². The van der Waals surface area contributed by atoms with Gasteiger partial charge in [-0.15, -0.1) is 0 Å². The molecule has 1 aromatic heterocycles. The van der Waals surface area contributed by atoms with Gasteiger partial charge in [0.15, 0.2) is 0 Å². The smallest absolute Gasteiger partial charge is 0.255 e. The van der Waals surface area contributed by atoms with Gasteiger partial charge in [-0.3, -0.25) is 9.48 Å². The van der Waals surface area contributed by atoms with Crippen molar-refractivity contribution in [1.82, 2.24) is 15.1 Å². The van der Waals surface area contributed by atoms with Crippen LogP contribution in [0.4, 0.5) is 0 Å². The van der Waals surface area contributed by atoms with Crippen LogP contribution in [0, 0.1) is 13.8 Å². The number of carbonyl (C=O) groups is 1. The number of hydrogen-bond acceptors (Lipinski definition) is 3. The van der Waals surface area contributed by atoms with Gasteiger partial charge in [0, 0.05) is 25.8 Å². The molecule has 0 saturated carbocycles. The molecule has 0 spiro atoms. The molecule has 24 heavy (non-hydrogen) atoms. The Hall–Kier alpha value is -2.14. The molecule has 1 amide bonds. The molecule has 0 unspecified atom stereocenters. The molecule has 1 aliphatic rings. The first-order chi connectivity index (χ1) is 11.5. The van der Waals surface area contributed by atoms with Crippen molar-refractivity contribution in [2.45, 2.75) is 39.2 Å². The monoisotopic (exact) mass is 327 g/mol. The number of rotatable bonds is 4. The van der Waals surface area contributed by atoms with E-state index in [1.54, 1.807) is 10.9 Å². The quantitative estimate of drug-likeness (QED) is 0.939. The predicted octanol–water partition coefficient (Wildman–Crippen LogP) is 3.03. The van der Waals surface area contributed by atoms with Gasteiger partial charge in [-0.1, -0.05) is 18.2 Å². The number of amides is 1. The summed E-state index contributed by atoms with van der Waals surface area (Å²) in [5.74, 6) is 0.139. The fourth-order valence-electron chi connectivity index (χ4n) is 3.12. The van der Waals surface area contributed by atoms with Crippen molar-refractivity contribution in [2.24, 2.45) is 7.05 Å². The Morgan fingerprint density at radius 2 is 2.17 bits per heavy atom. The van der Waals surface area contributed by atoms with Gasteiger partial charge in [0.2, 0.25) is 0 Å². The molecular weight excluding hydrogens is 302 g/mol. The maximum absolute atomic E-state index is 12.8. The molecule has 0 aliphatic carbocycles. The van der Waals surface area contributed by atoms with Gasteiger partial charge in [0.05, 0.1) is 23.9 Å². The summed E-state index contributed by atoms with van der Waals surface area (Å²) in [5, 5.41) is 7.60. The summed E-state index contributed by atoms with van der Waals surface area (Å²) < 4.78 is 7.16. The molecule has 5 heteroatoms. The van der Waals surface area contributed by atoms with Crippen LogP contribution in [0.3, 0.4) is 0 Å². The largest absolute Gasteiger partial charge is 0.381 e. The molecular formula is C19H25N3O2. The minimum absolute atomic E-state index is 0.0512. The normalized spacial score (nSPS) is 18.6. The average molecular weight is 327 g/mol. The second kappa shape index (κ2) is 6.77. The third-order valence-corrected chi connectivity index (χ3v) is 4.80. The summed E-state index contributed by atoms with van der Waals surface area (Å²) >= 11 is 0. The number of nitrogens with one attached hydrogen (secondary N) is 1. The Bertz CT molecular complexity index is 745. The van der Waals surface area contributed by atoms with Crippen molar-refractivity contribution >= 4 is 5.91 Å². The Kier molecular flexibility index (Phi) is 4.71. The second-order valence-electron chi connectivity index (χ2n) is 6.70. The van der Waals surface area contributed by atoms with Crippen molar-refractivity contribution in [3.63, 3.8) is 0 Å². The summed E-state index contributed by atoms with van der Waals surface area (Å²) in [6.45, 7) is 7.57. The minimum Gasteiger partial charge on any atom is -0.381 e. The maximum Gasteiger partial charge on any atom is 0.255 e. The first-order valence-electron chi connectivity index (χ1n) is 8.45. The summed E-state index contributed by atoms with van der Waals surface area (Å²) in [6.07, 6.45) is 2.72. The number of nitrogens with zero attached hydrogens (tertiary/aromatic N) is 2. The van der Waals surface area contributed by atoms with Crippen LogP contribution in [0.2, 0.25) is 0 Å². The standard InChI is InChI=1S/C19H25N3O2/c1-12-5-6-15(9-13(12)2)14(3)20-19(23)17-10-22(4)21-18(17)16-7-8-24-11-16/h5-6,9-10,14,16H,7-8,11H2,1-4H3,(H,20,23)/t14-,16+/m0/s1. The Labute approximate surface area is 143 Å². The molecule has 3 rings (SSSR count). The zero-order valence-electron chi connectivity index (χ0n) is 14.8. The van der Waals surface area contributed by atoms with Crippen molar-refractivity contribution < 1.29 is 9.53 Å². The summed E-state index contributed by atoms with van der Waals surface area (Å²) in [4.78, 5) is 12.8. The van der Waals surface area contributed by atoms with Gasteiger partial charge >= 0.3 is 0 Å². The fourth-order valence-corrected chi connectivity index (χ4v) is 3.12. The van der Waals surface area contributed by atoms with E-state index in [9.17, 15) is 4.79 Å². The number of aryl methyl sites for hydroxylation is 3. The number of benzene rings is 1. The predicted molar refractivity (Wildman–Crippen MR) is 93.2 cm³/mol. The number of hydrogen-bond donors (Lipinski definition) is 1. The molecule has 0 bridgehead atoms. The molecule has 5 nitrogen and oxygen atoms in total. The highest BCUT2D eigenvalue weighted by atomic mass is 16.5. The van der Waals surface area contributed by atoms with Crippen molar-refractivity contribution in [2.75, 3.05) is 13.2 Å². The van der Waals surface area contributed by atoms with Crippen LogP contribution in [0.25, 0.3) is 0 Å². The van der Waals surface area contributed by atoms with Crippen molar-refractivity contribution in [1.29, 1.82) is 0 Å². The van der Waals surface area contributed by atoms with Gasteiger partial charge in [-0.05, 0) is 43.9 Å².